The summed E-state index contributed by atoms with van der Waals surface area (Å²) >= 11 is -1.89. The quantitative estimate of drug-likeness (QED) is 0.815. The maximum absolute atomic E-state index is 10.8. The lowest BCUT2D eigenvalue weighted by molar-refractivity contribution is 0.121. The molecule has 1 fully saturated rings. The molecular weight excluding hydrogens is 226 g/mol. The van der Waals surface area contributed by atoms with Gasteiger partial charge >= 0.3 is 0 Å². The van der Waals surface area contributed by atoms with Gasteiger partial charge in [-0.3, -0.25) is 0 Å². The minimum atomic E-state index is -1.89. The SMILES string of the molecule is CO[C@H]1CCN(c2ccc(S(=O)O)cc2)C1. The van der Waals surface area contributed by atoms with Crippen molar-refractivity contribution in [2.75, 3.05) is 25.1 Å². The van der Waals surface area contributed by atoms with Crippen LogP contribution >= 0.6 is 0 Å². The lowest BCUT2D eigenvalue weighted by atomic mass is 10.3. The Balaban J connectivity index is 2.08. The fraction of sp³-hybridized carbons (Fsp3) is 0.455. The van der Waals surface area contributed by atoms with Crippen LogP contribution < -0.4 is 4.90 Å². The molecule has 16 heavy (non-hydrogen) atoms. The average Bonchev–Trinajstić information content (AvgIpc) is 2.77. The van der Waals surface area contributed by atoms with Crippen molar-refractivity contribution >= 4 is 16.8 Å². The highest BCUT2D eigenvalue weighted by molar-refractivity contribution is 7.79. The van der Waals surface area contributed by atoms with Crippen molar-refractivity contribution in [2.24, 2.45) is 0 Å². The topological polar surface area (TPSA) is 49.8 Å². The summed E-state index contributed by atoms with van der Waals surface area (Å²) in [6, 6.07) is 7.13. The molecule has 1 unspecified atom stereocenters. The fourth-order valence-electron chi connectivity index (χ4n) is 1.93. The van der Waals surface area contributed by atoms with Gasteiger partial charge < -0.3 is 14.2 Å². The van der Waals surface area contributed by atoms with Gasteiger partial charge in [-0.15, -0.1) is 0 Å². The molecule has 2 atom stereocenters. The Hall–Kier alpha value is -0.910. The molecule has 2 rings (SSSR count). The molecule has 1 saturated heterocycles. The van der Waals surface area contributed by atoms with Crippen molar-refractivity contribution in [3.63, 3.8) is 0 Å². The summed E-state index contributed by atoms with van der Waals surface area (Å²) in [5.74, 6) is 0. The summed E-state index contributed by atoms with van der Waals surface area (Å²) in [5.41, 5.74) is 1.08. The van der Waals surface area contributed by atoms with Crippen LogP contribution in [0.4, 0.5) is 5.69 Å². The monoisotopic (exact) mass is 241 g/mol. The first-order chi connectivity index (χ1) is 7.70. The standard InChI is InChI=1S/C11H15NO3S/c1-15-10-6-7-12(8-10)9-2-4-11(5-3-9)16(13)14/h2-5,10H,6-8H2,1H3,(H,13,14)/t10-/m0/s1. The number of anilines is 1. The van der Waals surface area contributed by atoms with E-state index in [2.05, 4.69) is 4.90 Å². The number of hydrogen-bond acceptors (Lipinski definition) is 3. The van der Waals surface area contributed by atoms with Crippen LogP contribution in [0.25, 0.3) is 0 Å². The normalized spacial score (nSPS) is 22.4. The van der Waals surface area contributed by atoms with Crippen molar-refractivity contribution in [1.29, 1.82) is 0 Å². The Bertz CT molecular complexity index is 379. The molecule has 4 nitrogen and oxygen atoms in total. The molecule has 0 radical (unpaired) electrons. The molecule has 0 aliphatic carbocycles. The average molecular weight is 241 g/mol. The van der Waals surface area contributed by atoms with Gasteiger partial charge in [0.2, 0.25) is 0 Å². The Morgan fingerprint density at radius 2 is 2.12 bits per heavy atom. The molecule has 0 aromatic heterocycles. The van der Waals surface area contributed by atoms with E-state index in [0.29, 0.717) is 11.0 Å². The molecule has 0 amide bonds. The molecule has 1 aromatic carbocycles. The van der Waals surface area contributed by atoms with E-state index in [-0.39, 0.29) is 0 Å². The van der Waals surface area contributed by atoms with Gasteiger partial charge in [0.25, 0.3) is 0 Å². The van der Waals surface area contributed by atoms with Crippen LogP contribution in [0, 0.1) is 0 Å². The van der Waals surface area contributed by atoms with Crippen LogP contribution in [0.15, 0.2) is 29.2 Å². The van der Waals surface area contributed by atoms with Gasteiger partial charge in [0.1, 0.15) is 0 Å². The number of hydrogen-bond donors (Lipinski definition) is 1. The molecule has 1 heterocycles. The zero-order chi connectivity index (χ0) is 11.5. The van der Waals surface area contributed by atoms with E-state index < -0.39 is 11.1 Å². The highest BCUT2D eigenvalue weighted by atomic mass is 32.2. The van der Waals surface area contributed by atoms with E-state index in [4.69, 9.17) is 9.29 Å². The number of methoxy groups -OCH3 is 1. The third-order valence-electron chi connectivity index (χ3n) is 2.88. The van der Waals surface area contributed by atoms with Gasteiger partial charge in [-0.1, -0.05) is 0 Å². The molecule has 0 bridgehead atoms. The van der Waals surface area contributed by atoms with Gasteiger partial charge in [0.15, 0.2) is 11.1 Å². The largest absolute Gasteiger partial charge is 0.380 e. The summed E-state index contributed by atoms with van der Waals surface area (Å²) in [4.78, 5) is 2.66. The second-order valence-corrected chi connectivity index (χ2v) is 4.81. The first kappa shape index (κ1) is 11.6. The predicted molar refractivity (Wildman–Crippen MR) is 63.1 cm³/mol. The molecule has 0 saturated carbocycles. The summed E-state index contributed by atoms with van der Waals surface area (Å²) in [5, 5.41) is 0. The number of nitrogens with zero attached hydrogens (tertiary/aromatic N) is 1. The Kier molecular flexibility index (Phi) is 3.58. The number of benzene rings is 1. The lowest BCUT2D eigenvalue weighted by Gasteiger charge is -2.18. The highest BCUT2D eigenvalue weighted by Crippen LogP contribution is 2.22. The van der Waals surface area contributed by atoms with E-state index in [1.807, 2.05) is 12.1 Å². The predicted octanol–water partition coefficient (Wildman–Crippen LogP) is 1.49. The summed E-state index contributed by atoms with van der Waals surface area (Å²) in [6.45, 7) is 1.86. The second-order valence-electron chi connectivity index (χ2n) is 3.84. The van der Waals surface area contributed by atoms with Gasteiger partial charge in [0, 0.05) is 25.9 Å². The van der Waals surface area contributed by atoms with E-state index in [0.717, 1.165) is 25.2 Å². The zero-order valence-corrected chi connectivity index (χ0v) is 9.94. The lowest BCUT2D eigenvalue weighted by Crippen LogP contribution is -2.21. The third kappa shape index (κ3) is 2.42. The van der Waals surface area contributed by atoms with Crippen molar-refractivity contribution in [1.82, 2.24) is 0 Å². The molecule has 0 spiro atoms. The van der Waals surface area contributed by atoms with Crippen LogP contribution in [0.3, 0.4) is 0 Å². The van der Waals surface area contributed by atoms with Crippen LogP contribution in [0.2, 0.25) is 0 Å². The molecule has 5 heteroatoms. The third-order valence-corrected chi connectivity index (χ3v) is 3.56. The first-order valence-electron chi connectivity index (χ1n) is 5.19. The fourth-order valence-corrected chi connectivity index (χ4v) is 2.30. The minimum absolute atomic E-state index is 0.298. The molecule has 88 valence electrons. The van der Waals surface area contributed by atoms with E-state index in [1.165, 1.54) is 0 Å². The maximum atomic E-state index is 10.8. The zero-order valence-electron chi connectivity index (χ0n) is 9.13. The molecule has 1 aliphatic heterocycles. The van der Waals surface area contributed by atoms with Crippen molar-refractivity contribution in [2.45, 2.75) is 17.4 Å². The van der Waals surface area contributed by atoms with Crippen molar-refractivity contribution in [3.8, 4) is 0 Å². The van der Waals surface area contributed by atoms with Gasteiger partial charge in [-0.2, -0.15) is 0 Å². The first-order valence-corrected chi connectivity index (χ1v) is 6.30. The minimum Gasteiger partial charge on any atom is -0.380 e. The maximum Gasteiger partial charge on any atom is 0.186 e. The van der Waals surface area contributed by atoms with Crippen LogP contribution in [0.1, 0.15) is 6.42 Å². The van der Waals surface area contributed by atoms with E-state index in [9.17, 15) is 4.21 Å². The van der Waals surface area contributed by atoms with Gasteiger partial charge in [0.05, 0.1) is 11.0 Å². The molecule has 1 aliphatic rings. The van der Waals surface area contributed by atoms with Crippen LogP contribution in [0.5, 0.6) is 0 Å². The van der Waals surface area contributed by atoms with Crippen molar-refractivity contribution in [3.05, 3.63) is 24.3 Å². The number of ether oxygens (including phenoxy) is 1. The van der Waals surface area contributed by atoms with Gasteiger partial charge in [-0.25, -0.2) is 4.21 Å². The molecule has 1 N–H and O–H groups in total. The van der Waals surface area contributed by atoms with Crippen LogP contribution in [-0.2, 0) is 15.8 Å². The Labute approximate surface area is 97.5 Å². The smallest absolute Gasteiger partial charge is 0.186 e. The number of rotatable bonds is 3. The molecular formula is C11H15NO3S. The Morgan fingerprint density at radius 3 is 2.62 bits per heavy atom. The second kappa shape index (κ2) is 4.95. The summed E-state index contributed by atoms with van der Waals surface area (Å²) < 4.78 is 25.0. The molecule has 1 aromatic rings. The van der Waals surface area contributed by atoms with Crippen LogP contribution in [-0.4, -0.2) is 35.1 Å². The van der Waals surface area contributed by atoms with Gasteiger partial charge in [-0.05, 0) is 30.7 Å². The van der Waals surface area contributed by atoms with E-state index in [1.54, 1.807) is 19.2 Å². The summed E-state index contributed by atoms with van der Waals surface area (Å²) in [6.07, 6.45) is 1.33. The van der Waals surface area contributed by atoms with Crippen molar-refractivity contribution < 1.29 is 13.5 Å². The Morgan fingerprint density at radius 1 is 1.44 bits per heavy atom. The van der Waals surface area contributed by atoms with E-state index >= 15 is 0 Å². The highest BCUT2D eigenvalue weighted by Gasteiger charge is 2.22. The summed E-state index contributed by atoms with van der Waals surface area (Å²) in [7, 11) is 1.73.